The van der Waals surface area contributed by atoms with Crippen molar-refractivity contribution in [3.05, 3.63) is 12.2 Å². The SMILES string of the molecule is CCC/C=C/CCC[N+](CC(C)C(=O)O)(CC(C)C(=O)O)CC(C)C(=O)O. The molecule has 0 heterocycles. The molecule has 0 aromatic heterocycles. The highest BCUT2D eigenvalue weighted by atomic mass is 16.4. The van der Waals surface area contributed by atoms with E-state index in [9.17, 15) is 29.7 Å². The quantitative estimate of drug-likeness (QED) is 0.226. The number of carboxylic acid groups (broad SMARTS) is 3. The minimum Gasteiger partial charge on any atom is -0.481 e. The van der Waals surface area contributed by atoms with Crippen LogP contribution in [-0.4, -0.2) is 63.9 Å². The monoisotopic (exact) mass is 386 g/mol. The molecule has 3 atom stereocenters. The highest BCUT2D eigenvalue weighted by Gasteiger charge is 2.37. The van der Waals surface area contributed by atoms with Gasteiger partial charge in [0.1, 0.15) is 17.8 Å². The highest BCUT2D eigenvalue weighted by molar-refractivity contribution is 5.70. The highest BCUT2D eigenvalue weighted by Crippen LogP contribution is 2.21. The van der Waals surface area contributed by atoms with E-state index in [-0.39, 0.29) is 24.1 Å². The van der Waals surface area contributed by atoms with Gasteiger partial charge in [-0.15, -0.1) is 0 Å². The van der Waals surface area contributed by atoms with Crippen LogP contribution in [0.25, 0.3) is 0 Å². The fourth-order valence-electron chi connectivity index (χ4n) is 3.42. The van der Waals surface area contributed by atoms with Crippen molar-refractivity contribution in [3.8, 4) is 0 Å². The van der Waals surface area contributed by atoms with Crippen LogP contribution in [0.3, 0.4) is 0 Å². The molecular formula is C20H36NO6+. The van der Waals surface area contributed by atoms with E-state index in [1.807, 2.05) is 0 Å². The summed E-state index contributed by atoms with van der Waals surface area (Å²) in [4.78, 5) is 34.2. The molecule has 3 N–H and O–H groups in total. The Morgan fingerprint density at radius 2 is 1.15 bits per heavy atom. The standard InChI is InChI=1S/C20H35NO6/c1-5-6-7-8-9-10-11-21(12-15(2)18(22)23,13-16(3)19(24)25)14-17(4)20(26)27/h7-8,15-17H,5-6,9-14H2,1-4H3,(H2-,22,23,24,25,26,27)/p+1/b8-7+. The molecule has 0 aliphatic carbocycles. The van der Waals surface area contributed by atoms with Crippen molar-refractivity contribution < 1.29 is 34.2 Å². The maximum atomic E-state index is 11.4. The summed E-state index contributed by atoms with van der Waals surface area (Å²) >= 11 is 0. The second-order valence-electron chi connectivity index (χ2n) is 7.73. The van der Waals surface area contributed by atoms with E-state index in [2.05, 4.69) is 19.1 Å². The molecule has 27 heavy (non-hydrogen) atoms. The first-order valence-electron chi connectivity index (χ1n) is 9.73. The molecule has 156 valence electrons. The molecule has 0 aromatic carbocycles. The zero-order valence-corrected chi connectivity index (χ0v) is 17.1. The molecule has 7 heteroatoms. The van der Waals surface area contributed by atoms with Gasteiger partial charge in [-0.2, -0.15) is 0 Å². The van der Waals surface area contributed by atoms with Crippen LogP contribution >= 0.6 is 0 Å². The number of quaternary nitrogens is 1. The van der Waals surface area contributed by atoms with Crippen LogP contribution in [0.15, 0.2) is 12.2 Å². The summed E-state index contributed by atoms with van der Waals surface area (Å²) < 4.78 is 0.190. The largest absolute Gasteiger partial charge is 0.481 e. The number of hydrogen-bond acceptors (Lipinski definition) is 3. The zero-order chi connectivity index (χ0) is 21.0. The lowest BCUT2D eigenvalue weighted by Crippen LogP contribution is -2.57. The molecule has 0 bridgehead atoms. The molecule has 0 aliphatic rings. The second kappa shape index (κ2) is 12.5. The van der Waals surface area contributed by atoms with E-state index in [1.54, 1.807) is 20.8 Å². The van der Waals surface area contributed by atoms with E-state index >= 15 is 0 Å². The Morgan fingerprint density at radius 3 is 1.48 bits per heavy atom. The van der Waals surface area contributed by atoms with E-state index in [0.29, 0.717) is 6.54 Å². The van der Waals surface area contributed by atoms with Gasteiger partial charge in [-0.3, -0.25) is 14.4 Å². The molecule has 0 amide bonds. The van der Waals surface area contributed by atoms with Crippen LogP contribution in [0.2, 0.25) is 0 Å². The minimum absolute atomic E-state index is 0.190. The second-order valence-corrected chi connectivity index (χ2v) is 7.73. The Balaban J connectivity index is 5.49. The summed E-state index contributed by atoms with van der Waals surface area (Å²) in [7, 11) is 0. The molecule has 7 nitrogen and oxygen atoms in total. The number of rotatable bonds is 15. The topological polar surface area (TPSA) is 112 Å². The van der Waals surface area contributed by atoms with Crippen molar-refractivity contribution in [1.82, 2.24) is 0 Å². The van der Waals surface area contributed by atoms with Gasteiger partial charge in [0.2, 0.25) is 0 Å². The number of unbranched alkanes of at least 4 members (excludes halogenated alkanes) is 2. The summed E-state index contributed by atoms with van der Waals surface area (Å²) in [6.07, 6.45) is 7.82. The third kappa shape index (κ3) is 10.1. The number of carboxylic acids is 3. The van der Waals surface area contributed by atoms with Crippen LogP contribution in [0.1, 0.15) is 53.4 Å². The Morgan fingerprint density at radius 1 is 0.778 bits per heavy atom. The molecule has 0 fully saturated rings. The molecule has 0 rings (SSSR count). The zero-order valence-electron chi connectivity index (χ0n) is 17.1. The van der Waals surface area contributed by atoms with Crippen molar-refractivity contribution >= 4 is 17.9 Å². The fraction of sp³-hybridized carbons (Fsp3) is 0.750. The molecule has 0 saturated heterocycles. The van der Waals surface area contributed by atoms with Crippen LogP contribution in [0.4, 0.5) is 0 Å². The number of carbonyl (C=O) groups is 3. The van der Waals surface area contributed by atoms with Crippen LogP contribution < -0.4 is 0 Å². The van der Waals surface area contributed by atoms with Gasteiger partial charge in [0.15, 0.2) is 0 Å². The summed E-state index contributed by atoms with van der Waals surface area (Å²) in [6.45, 7) is 8.10. The summed E-state index contributed by atoms with van der Waals surface area (Å²) in [5, 5.41) is 28.0. The Hall–Kier alpha value is -1.89. The molecule has 0 aliphatic heterocycles. The average molecular weight is 387 g/mol. The van der Waals surface area contributed by atoms with E-state index in [1.165, 1.54) is 0 Å². The maximum absolute atomic E-state index is 11.4. The van der Waals surface area contributed by atoms with Gasteiger partial charge in [-0.25, -0.2) is 0 Å². The van der Waals surface area contributed by atoms with Gasteiger partial charge in [0.05, 0.1) is 26.2 Å². The van der Waals surface area contributed by atoms with Crippen molar-refractivity contribution in [2.75, 3.05) is 26.2 Å². The van der Waals surface area contributed by atoms with Gasteiger partial charge < -0.3 is 19.8 Å². The smallest absolute Gasteiger partial charge is 0.311 e. The van der Waals surface area contributed by atoms with Gasteiger partial charge in [0, 0.05) is 6.42 Å². The number of nitrogens with zero attached hydrogens (tertiary/aromatic N) is 1. The first kappa shape index (κ1) is 25.1. The molecule has 0 spiro atoms. The normalized spacial score (nSPS) is 17.2. The minimum atomic E-state index is -0.953. The van der Waals surface area contributed by atoms with E-state index in [0.717, 1.165) is 25.7 Å². The van der Waals surface area contributed by atoms with Gasteiger partial charge in [0.25, 0.3) is 0 Å². The Bertz CT molecular complexity index is 462. The fourth-order valence-corrected chi connectivity index (χ4v) is 3.42. The lowest BCUT2D eigenvalue weighted by atomic mass is 10.0. The Kier molecular flexibility index (Phi) is 11.6. The molecule has 0 saturated carbocycles. The average Bonchev–Trinajstić information content (AvgIpc) is 2.57. The number of aliphatic carboxylic acids is 3. The lowest BCUT2D eigenvalue weighted by molar-refractivity contribution is -0.934. The van der Waals surface area contributed by atoms with E-state index < -0.39 is 35.7 Å². The summed E-state index contributed by atoms with van der Waals surface area (Å²) in [5.41, 5.74) is 0. The third-order valence-electron chi connectivity index (χ3n) is 4.87. The van der Waals surface area contributed by atoms with Gasteiger partial charge in [-0.1, -0.05) is 25.5 Å². The van der Waals surface area contributed by atoms with Crippen molar-refractivity contribution in [2.24, 2.45) is 17.8 Å². The van der Waals surface area contributed by atoms with Crippen LogP contribution in [-0.2, 0) is 14.4 Å². The van der Waals surface area contributed by atoms with Crippen molar-refractivity contribution in [3.63, 3.8) is 0 Å². The molecule has 3 unspecified atom stereocenters. The van der Waals surface area contributed by atoms with Crippen molar-refractivity contribution in [1.29, 1.82) is 0 Å². The molecular weight excluding hydrogens is 350 g/mol. The third-order valence-corrected chi connectivity index (χ3v) is 4.87. The molecule has 0 aromatic rings. The van der Waals surface area contributed by atoms with Gasteiger partial charge in [-0.05, 0) is 33.6 Å². The number of allylic oxidation sites excluding steroid dienone is 2. The molecule has 0 radical (unpaired) electrons. The Labute approximate surface area is 162 Å². The maximum Gasteiger partial charge on any atom is 0.311 e. The van der Waals surface area contributed by atoms with Gasteiger partial charge >= 0.3 is 17.9 Å². The summed E-state index contributed by atoms with van der Waals surface area (Å²) in [5.74, 6) is -4.89. The van der Waals surface area contributed by atoms with E-state index in [4.69, 9.17) is 0 Å². The van der Waals surface area contributed by atoms with Crippen LogP contribution in [0, 0.1) is 17.8 Å². The van der Waals surface area contributed by atoms with Crippen LogP contribution in [0.5, 0.6) is 0 Å². The predicted molar refractivity (Wildman–Crippen MR) is 103 cm³/mol. The lowest BCUT2D eigenvalue weighted by Gasteiger charge is -2.42. The first-order valence-corrected chi connectivity index (χ1v) is 9.73. The summed E-state index contributed by atoms with van der Waals surface area (Å²) in [6, 6.07) is 0. The van der Waals surface area contributed by atoms with Crippen molar-refractivity contribution in [2.45, 2.75) is 53.4 Å². The number of hydrogen-bond donors (Lipinski definition) is 3. The first-order chi connectivity index (χ1) is 12.5. The predicted octanol–water partition coefficient (Wildman–Crippen LogP) is 3.10.